The van der Waals surface area contributed by atoms with Gasteiger partial charge in [0.25, 0.3) is 0 Å². The Morgan fingerprint density at radius 2 is 1.71 bits per heavy atom. The molecule has 0 radical (unpaired) electrons. The average molecular weight is 337 g/mol. The minimum Gasteiger partial charge on any atom is -0.489 e. The van der Waals surface area contributed by atoms with E-state index in [0.717, 1.165) is 22.6 Å². The molecule has 0 unspecified atom stereocenters. The molecule has 0 atom stereocenters. The van der Waals surface area contributed by atoms with E-state index in [1.165, 1.54) is 0 Å². The van der Waals surface area contributed by atoms with Crippen LogP contribution in [0.1, 0.15) is 11.1 Å². The third-order valence-corrected chi connectivity index (χ3v) is 3.76. The van der Waals surface area contributed by atoms with Crippen LogP contribution in [0.15, 0.2) is 84.0 Å². The predicted molar refractivity (Wildman–Crippen MR) is 99.9 cm³/mol. The average Bonchev–Trinajstić information content (AvgIpc) is 2.62. The summed E-state index contributed by atoms with van der Waals surface area (Å²) >= 11 is 6.14. The van der Waals surface area contributed by atoms with Gasteiger partial charge >= 0.3 is 0 Å². The summed E-state index contributed by atoms with van der Waals surface area (Å²) in [6, 6.07) is 25.2. The van der Waals surface area contributed by atoms with Crippen LogP contribution in [-0.2, 0) is 6.61 Å². The Morgan fingerprint density at radius 3 is 2.54 bits per heavy atom. The van der Waals surface area contributed by atoms with Crippen LogP contribution in [0.25, 0.3) is 0 Å². The Morgan fingerprint density at radius 1 is 0.917 bits per heavy atom. The molecule has 0 bridgehead atoms. The second kappa shape index (κ2) is 8.18. The van der Waals surface area contributed by atoms with Gasteiger partial charge in [0.05, 0.1) is 11.9 Å². The van der Waals surface area contributed by atoms with Gasteiger partial charge in [-0.25, -0.2) is 0 Å². The molecular weight excluding hydrogens is 320 g/mol. The lowest BCUT2D eigenvalue weighted by Gasteiger charge is -2.08. The number of halogens is 1. The molecular formula is C20H17ClN2O. The van der Waals surface area contributed by atoms with Gasteiger partial charge in [-0.05, 0) is 35.9 Å². The zero-order valence-electron chi connectivity index (χ0n) is 13.0. The maximum Gasteiger partial charge on any atom is 0.120 e. The lowest BCUT2D eigenvalue weighted by atomic mass is 10.2. The third kappa shape index (κ3) is 4.61. The molecule has 4 heteroatoms. The van der Waals surface area contributed by atoms with Gasteiger partial charge in [-0.1, -0.05) is 60.1 Å². The molecule has 0 aliphatic rings. The maximum absolute atomic E-state index is 6.14. The van der Waals surface area contributed by atoms with E-state index in [2.05, 4.69) is 10.5 Å². The van der Waals surface area contributed by atoms with Gasteiger partial charge in [0.2, 0.25) is 0 Å². The molecule has 0 amide bonds. The van der Waals surface area contributed by atoms with Gasteiger partial charge in [-0.15, -0.1) is 0 Å². The van der Waals surface area contributed by atoms with E-state index in [1.54, 1.807) is 6.21 Å². The van der Waals surface area contributed by atoms with Crippen LogP contribution >= 0.6 is 11.6 Å². The smallest absolute Gasteiger partial charge is 0.120 e. The number of rotatable bonds is 6. The zero-order valence-corrected chi connectivity index (χ0v) is 13.8. The lowest BCUT2D eigenvalue weighted by molar-refractivity contribution is 0.306. The third-order valence-electron chi connectivity index (χ3n) is 3.39. The minimum absolute atomic E-state index is 0.433. The summed E-state index contributed by atoms with van der Waals surface area (Å²) in [4.78, 5) is 0. The van der Waals surface area contributed by atoms with Crippen molar-refractivity contribution < 1.29 is 4.74 Å². The SMILES string of the molecule is Clc1ccccc1COc1cccc(/C=N\Nc2ccccc2)c1. The number of anilines is 1. The first-order chi connectivity index (χ1) is 11.8. The van der Waals surface area contributed by atoms with Crippen molar-refractivity contribution in [1.29, 1.82) is 0 Å². The highest BCUT2D eigenvalue weighted by atomic mass is 35.5. The van der Waals surface area contributed by atoms with Gasteiger partial charge in [0.1, 0.15) is 12.4 Å². The molecule has 3 aromatic rings. The largest absolute Gasteiger partial charge is 0.489 e. The molecule has 0 aliphatic heterocycles. The Balaban J connectivity index is 1.60. The van der Waals surface area contributed by atoms with Crippen molar-refractivity contribution in [3.8, 4) is 5.75 Å². The first kappa shape index (κ1) is 16.1. The number of nitrogens with one attached hydrogen (secondary N) is 1. The van der Waals surface area contributed by atoms with Crippen molar-refractivity contribution in [2.75, 3.05) is 5.43 Å². The molecule has 3 nitrogen and oxygen atoms in total. The van der Waals surface area contributed by atoms with Gasteiger partial charge < -0.3 is 4.74 Å². The predicted octanol–water partition coefficient (Wildman–Crippen LogP) is 5.37. The van der Waals surface area contributed by atoms with Crippen molar-refractivity contribution in [1.82, 2.24) is 0 Å². The maximum atomic E-state index is 6.14. The minimum atomic E-state index is 0.433. The van der Waals surface area contributed by atoms with E-state index in [1.807, 2.05) is 78.9 Å². The summed E-state index contributed by atoms with van der Waals surface area (Å²) in [6.45, 7) is 0.433. The zero-order chi connectivity index (χ0) is 16.6. The first-order valence-corrected chi connectivity index (χ1v) is 7.99. The fraction of sp³-hybridized carbons (Fsp3) is 0.0500. The summed E-state index contributed by atoms with van der Waals surface area (Å²) in [7, 11) is 0. The van der Waals surface area contributed by atoms with Crippen LogP contribution in [0.5, 0.6) is 5.75 Å². The Kier molecular flexibility index (Phi) is 5.48. The molecule has 0 spiro atoms. The highest BCUT2D eigenvalue weighted by Gasteiger charge is 2.01. The molecule has 3 aromatic carbocycles. The molecule has 0 aliphatic carbocycles. The van der Waals surface area contributed by atoms with E-state index in [4.69, 9.17) is 16.3 Å². The summed E-state index contributed by atoms with van der Waals surface area (Å²) in [5.74, 6) is 0.776. The summed E-state index contributed by atoms with van der Waals surface area (Å²) in [5.41, 5.74) is 5.85. The van der Waals surface area contributed by atoms with Crippen molar-refractivity contribution in [2.45, 2.75) is 6.61 Å². The topological polar surface area (TPSA) is 33.6 Å². The van der Waals surface area contributed by atoms with Crippen molar-refractivity contribution in [3.05, 3.63) is 95.0 Å². The molecule has 120 valence electrons. The monoisotopic (exact) mass is 336 g/mol. The van der Waals surface area contributed by atoms with Crippen molar-refractivity contribution >= 4 is 23.5 Å². The number of para-hydroxylation sites is 1. The second-order valence-electron chi connectivity index (χ2n) is 5.19. The Labute approximate surface area is 146 Å². The quantitative estimate of drug-likeness (QED) is 0.485. The summed E-state index contributed by atoms with van der Waals surface area (Å²) < 4.78 is 5.81. The van der Waals surface area contributed by atoms with Crippen LogP contribution in [-0.4, -0.2) is 6.21 Å². The molecule has 1 N–H and O–H groups in total. The normalized spacial score (nSPS) is 10.7. The molecule has 0 heterocycles. The number of nitrogens with zero attached hydrogens (tertiary/aromatic N) is 1. The molecule has 3 rings (SSSR count). The van der Waals surface area contributed by atoms with E-state index in [0.29, 0.717) is 11.6 Å². The van der Waals surface area contributed by atoms with E-state index >= 15 is 0 Å². The van der Waals surface area contributed by atoms with Gasteiger partial charge in [0.15, 0.2) is 0 Å². The van der Waals surface area contributed by atoms with Gasteiger partial charge in [0, 0.05) is 10.6 Å². The number of hydrogen-bond acceptors (Lipinski definition) is 3. The van der Waals surface area contributed by atoms with Crippen LogP contribution in [0, 0.1) is 0 Å². The Hall–Kier alpha value is -2.78. The van der Waals surface area contributed by atoms with E-state index in [-0.39, 0.29) is 0 Å². The molecule has 0 saturated carbocycles. The fourth-order valence-electron chi connectivity index (χ4n) is 2.16. The standard InChI is InChI=1S/C20H17ClN2O/c21-20-12-5-4-8-17(20)15-24-19-11-6-7-16(13-19)14-22-23-18-9-2-1-3-10-18/h1-14,23H,15H2/b22-14-. The highest BCUT2D eigenvalue weighted by Crippen LogP contribution is 2.19. The Bertz CT molecular complexity index is 819. The molecule has 0 saturated heterocycles. The van der Waals surface area contributed by atoms with Crippen LogP contribution < -0.4 is 10.2 Å². The summed E-state index contributed by atoms with van der Waals surface area (Å²) in [6.07, 6.45) is 1.76. The summed E-state index contributed by atoms with van der Waals surface area (Å²) in [5, 5.41) is 4.94. The first-order valence-electron chi connectivity index (χ1n) is 7.62. The highest BCUT2D eigenvalue weighted by molar-refractivity contribution is 6.31. The van der Waals surface area contributed by atoms with Crippen molar-refractivity contribution in [3.63, 3.8) is 0 Å². The number of hydrazone groups is 1. The number of benzene rings is 3. The van der Waals surface area contributed by atoms with Crippen LogP contribution in [0.2, 0.25) is 5.02 Å². The molecule has 24 heavy (non-hydrogen) atoms. The number of hydrogen-bond donors (Lipinski definition) is 1. The fourth-order valence-corrected chi connectivity index (χ4v) is 2.35. The van der Waals surface area contributed by atoms with Gasteiger partial charge in [-0.3, -0.25) is 5.43 Å². The molecule has 0 fully saturated rings. The second-order valence-corrected chi connectivity index (χ2v) is 5.60. The van der Waals surface area contributed by atoms with Crippen LogP contribution in [0.4, 0.5) is 5.69 Å². The molecule has 0 aromatic heterocycles. The van der Waals surface area contributed by atoms with Gasteiger partial charge in [-0.2, -0.15) is 5.10 Å². The van der Waals surface area contributed by atoms with E-state index < -0.39 is 0 Å². The van der Waals surface area contributed by atoms with Crippen molar-refractivity contribution in [2.24, 2.45) is 5.10 Å². The van der Waals surface area contributed by atoms with Crippen LogP contribution in [0.3, 0.4) is 0 Å². The number of ether oxygens (including phenoxy) is 1. The van der Waals surface area contributed by atoms with E-state index in [9.17, 15) is 0 Å². The lowest BCUT2D eigenvalue weighted by Crippen LogP contribution is -1.97.